The molecule has 5 heteroatoms. The zero-order chi connectivity index (χ0) is 25.9. The molecular formula is C32H38NO4+. The van der Waals surface area contributed by atoms with Crippen molar-refractivity contribution in [2.75, 3.05) is 32.8 Å². The summed E-state index contributed by atoms with van der Waals surface area (Å²) in [4.78, 5) is 13.8. The van der Waals surface area contributed by atoms with Crippen LogP contribution in [0.5, 0.6) is 5.75 Å². The van der Waals surface area contributed by atoms with Crippen LogP contribution in [0.15, 0.2) is 78.9 Å². The smallest absolute Gasteiger partial charge is 0.348 e. The number of nitrogens with zero attached hydrogens (tertiary/aromatic N) is 1. The number of hydrogen-bond acceptors (Lipinski definition) is 4. The minimum Gasteiger partial charge on any atom is -0.493 e. The van der Waals surface area contributed by atoms with Crippen LogP contribution >= 0.6 is 0 Å². The summed E-state index contributed by atoms with van der Waals surface area (Å²) in [6.07, 6.45) is 2.86. The van der Waals surface area contributed by atoms with Crippen LogP contribution in [0.4, 0.5) is 0 Å². The largest absolute Gasteiger partial charge is 0.493 e. The zero-order valence-electron chi connectivity index (χ0n) is 21.9. The lowest BCUT2D eigenvalue weighted by atomic mass is 9.82. The Hall–Kier alpha value is -3.15. The van der Waals surface area contributed by atoms with Crippen LogP contribution in [0.2, 0.25) is 0 Å². The van der Waals surface area contributed by atoms with Crippen molar-refractivity contribution < 1.29 is 23.9 Å². The van der Waals surface area contributed by atoms with Gasteiger partial charge in [0.1, 0.15) is 12.3 Å². The highest BCUT2D eigenvalue weighted by atomic mass is 16.6. The van der Waals surface area contributed by atoms with Gasteiger partial charge in [0, 0.05) is 25.2 Å². The van der Waals surface area contributed by atoms with Crippen molar-refractivity contribution in [3.05, 3.63) is 101 Å². The highest BCUT2D eigenvalue weighted by Crippen LogP contribution is 2.38. The molecule has 37 heavy (non-hydrogen) atoms. The van der Waals surface area contributed by atoms with Gasteiger partial charge in [-0.3, -0.25) is 0 Å². The summed E-state index contributed by atoms with van der Waals surface area (Å²) in [7, 11) is 0. The number of rotatable bonds is 9. The fraction of sp³-hybridized carbons (Fsp3) is 0.406. The Bertz CT molecular complexity index is 1140. The van der Waals surface area contributed by atoms with E-state index < -0.39 is 11.6 Å². The number of para-hydroxylation sites is 1. The van der Waals surface area contributed by atoms with Gasteiger partial charge in [-0.2, -0.15) is 0 Å². The molecule has 1 N–H and O–H groups in total. The Balaban J connectivity index is 1.29. The van der Waals surface area contributed by atoms with Crippen molar-refractivity contribution in [1.29, 1.82) is 0 Å². The molecule has 0 saturated carbocycles. The van der Waals surface area contributed by atoms with Crippen molar-refractivity contribution in [2.45, 2.75) is 44.8 Å². The summed E-state index contributed by atoms with van der Waals surface area (Å²) in [5.41, 5.74) is 1.37. The van der Waals surface area contributed by atoms with Gasteiger partial charge in [-0.15, -0.1) is 0 Å². The van der Waals surface area contributed by atoms with E-state index in [0.717, 1.165) is 66.8 Å². The topological polar surface area (TPSA) is 55.8 Å². The van der Waals surface area contributed by atoms with Gasteiger partial charge >= 0.3 is 5.97 Å². The first kappa shape index (κ1) is 25.5. The molecule has 1 unspecified atom stereocenters. The molecule has 3 aliphatic heterocycles. The number of ether oxygens (including phenoxy) is 2. The summed E-state index contributed by atoms with van der Waals surface area (Å²) in [6.45, 7) is 8.71. The molecule has 3 aromatic carbocycles. The van der Waals surface area contributed by atoms with Crippen molar-refractivity contribution in [3.8, 4) is 5.75 Å². The van der Waals surface area contributed by atoms with Gasteiger partial charge in [0.25, 0.3) is 0 Å². The standard InChI is InChI=1S/C32H38NO4/c1-24-9-13-27(14-10-24)32(35,28-15-11-25(2)12-16-28)31(34)37-30-23-33(20-17-26(30)18-21-33)19-6-22-36-29-7-4-3-5-8-29/h3-5,7-16,26,30,35H,6,17-23H2,1-2H3/q+1. The van der Waals surface area contributed by atoms with Crippen LogP contribution in [0.1, 0.15) is 41.5 Å². The lowest BCUT2D eigenvalue weighted by Gasteiger charge is -2.52. The molecule has 3 fully saturated rings. The van der Waals surface area contributed by atoms with Crippen molar-refractivity contribution in [2.24, 2.45) is 5.92 Å². The maximum Gasteiger partial charge on any atom is 0.348 e. The Kier molecular flexibility index (Phi) is 7.36. The number of carbonyl (C=O) groups excluding carboxylic acids is 1. The number of quaternary nitrogens is 1. The van der Waals surface area contributed by atoms with Crippen LogP contribution < -0.4 is 4.74 Å². The second kappa shape index (κ2) is 10.7. The first-order valence-electron chi connectivity index (χ1n) is 13.5. The van der Waals surface area contributed by atoms with Crippen molar-refractivity contribution in [3.63, 3.8) is 0 Å². The number of aryl methyl sites for hydroxylation is 2. The molecule has 0 radical (unpaired) electrons. The van der Waals surface area contributed by atoms with E-state index in [1.807, 2.05) is 92.7 Å². The van der Waals surface area contributed by atoms with Gasteiger partial charge in [-0.1, -0.05) is 77.9 Å². The van der Waals surface area contributed by atoms with E-state index in [4.69, 9.17) is 9.47 Å². The monoisotopic (exact) mass is 500 g/mol. The maximum atomic E-state index is 13.8. The molecule has 3 heterocycles. The van der Waals surface area contributed by atoms with Crippen molar-refractivity contribution in [1.82, 2.24) is 0 Å². The summed E-state index contributed by atoms with van der Waals surface area (Å²) in [6, 6.07) is 24.9. The molecule has 6 rings (SSSR count). The van der Waals surface area contributed by atoms with E-state index >= 15 is 0 Å². The second-order valence-corrected chi connectivity index (χ2v) is 10.9. The normalized spacial score (nSPS) is 23.0. The van der Waals surface area contributed by atoms with E-state index in [0.29, 0.717) is 23.7 Å². The lowest BCUT2D eigenvalue weighted by molar-refractivity contribution is -0.946. The Morgan fingerprint density at radius 3 is 2.03 bits per heavy atom. The van der Waals surface area contributed by atoms with Crippen LogP contribution in [0, 0.1) is 19.8 Å². The van der Waals surface area contributed by atoms with Gasteiger partial charge in [0.2, 0.25) is 5.60 Å². The number of esters is 1. The van der Waals surface area contributed by atoms with Crippen LogP contribution in [0.3, 0.4) is 0 Å². The van der Waals surface area contributed by atoms with Gasteiger partial charge < -0.3 is 19.1 Å². The molecular weight excluding hydrogens is 462 g/mol. The number of hydrogen-bond donors (Lipinski definition) is 1. The van der Waals surface area contributed by atoms with Gasteiger partial charge in [0.15, 0.2) is 6.10 Å². The van der Waals surface area contributed by atoms with E-state index in [1.54, 1.807) is 0 Å². The molecule has 0 amide bonds. The molecule has 0 aliphatic carbocycles. The Morgan fingerprint density at radius 1 is 0.892 bits per heavy atom. The first-order chi connectivity index (χ1) is 17.9. The highest BCUT2D eigenvalue weighted by Gasteiger charge is 2.50. The van der Waals surface area contributed by atoms with Crippen molar-refractivity contribution >= 4 is 5.97 Å². The fourth-order valence-electron chi connectivity index (χ4n) is 5.99. The number of carbonyl (C=O) groups is 1. The molecule has 3 aromatic rings. The predicted molar refractivity (Wildman–Crippen MR) is 144 cm³/mol. The number of aliphatic hydroxyl groups is 1. The highest BCUT2D eigenvalue weighted by molar-refractivity contribution is 5.85. The first-order valence-corrected chi connectivity index (χ1v) is 13.5. The maximum absolute atomic E-state index is 13.8. The Labute approximate surface area is 220 Å². The third kappa shape index (κ3) is 5.43. The molecule has 2 bridgehead atoms. The average molecular weight is 501 g/mol. The summed E-state index contributed by atoms with van der Waals surface area (Å²) in [5.74, 6) is 0.674. The number of piperidine rings is 3. The fourth-order valence-corrected chi connectivity index (χ4v) is 5.99. The number of benzene rings is 3. The summed E-state index contributed by atoms with van der Waals surface area (Å²) >= 11 is 0. The van der Waals surface area contributed by atoms with Gasteiger partial charge in [-0.05, 0) is 37.1 Å². The van der Waals surface area contributed by atoms with E-state index in [2.05, 4.69) is 0 Å². The van der Waals surface area contributed by atoms with E-state index in [-0.39, 0.29) is 6.10 Å². The third-order valence-electron chi connectivity index (χ3n) is 8.32. The predicted octanol–water partition coefficient (Wildman–Crippen LogP) is 5.16. The molecule has 0 aromatic heterocycles. The number of fused-ring (bicyclic) bond motifs is 3. The molecule has 3 saturated heterocycles. The zero-order valence-corrected chi connectivity index (χ0v) is 21.9. The molecule has 5 nitrogen and oxygen atoms in total. The second-order valence-electron chi connectivity index (χ2n) is 10.9. The third-order valence-corrected chi connectivity index (χ3v) is 8.32. The van der Waals surface area contributed by atoms with E-state index in [1.165, 1.54) is 0 Å². The summed E-state index contributed by atoms with van der Waals surface area (Å²) < 4.78 is 13.1. The average Bonchev–Trinajstić information content (AvgIpc) is 2.93. The Morgan fingerprint density at radius 2 is 1.46 bits per heavy atom. The molecule has 194 valence electrons. The lowest BCUT2D eigenvalue weighted by Crippen LogP contribution is -2.65. The molecule has 3 aliphatic rings. The summed E-state index contributed by atoms with van der Waals surface area (Å²) in [5, 5.41) is 12.0. The van der Waals surface area contributed by atoms with Crippen LogP contribution in [-0.4, -0.2) is 54.4 Å². The molecule has 1 atom stereocenters. The minimum atomic E-state index is -1.85. The van der Waals surface area contributed by atoms with Crippen LogP contribution in [-0.2, 0) is 15.1 Å². The quantitative estimate of drug-likeness (QED) is 0.251. The SMILES string of the molecule is Cc1ccc(C(O)(C(=O)OC2C[N+]3(CCCOc4ccccc4)CCC2CC3)c2ccc(C)cc2)cc1. The van der Waals surface area contributed by atoms with Gasteiger partial charge in [0.05, 0.1) is 26.2 Å². The van der Waals surface area contributed by atoms with Gasteiger partial charge in [-0.25, -0.2) is 4.79 Å². The van der Waals surface area contributed by atoms with E-state index in [9.17, 15) is 9.90 Å². The van der Waals surface area contributed by atoms with Crippen LogP contribution in [0.25, 0.3) is 0 Å². The molecule has 0 spiro atoms. The minimum absolute atomic E-state index is 0.188.